The molecule has 0 heterocycles. The Morgan fingerprint density at radius 2 is 2.00 bits per heavy atom. The lowest BCUT2D eigenvalue weighted by Gasteiger charge is -2.27. The molecule has 0 saturated carbocycles. The summed E-state index contributed by atoms with van der Waals surface area (Å²) in [5.41, 5.74) is 0.0752. The first-order chi connectivity index (χ1) is 11.2. The lowest BCUT2D eigenvalue weighted by Crippen LogP contribution is -2.41. The van der Waals surface area contributed by atoms with Crippen molar-refractivity contribution in [2.24, 2.45) is 0 Å². The van der Waals surface area contributed by atoms with Crippen molar-refractivity contribution in [2.45, 2.75) is 31.2 Å². The summed E-state index contributed by atoms with van der Waals surface area (Å²) in [6.45, 7) is 3.10. The number of carboxylic acid groups (broad SMARTS) is 1. The molecule has 1 atom stereocenters. The van der Waals surface area contributed by atoms with Crippen molar-refractivity contribution in [3.63, 3.8) is 0 Å². The Morgan fingerprint density at radius 1 is 1.38 bits per heavy atom. The van der Waals surface area contributed by atoms with Crippen molar-refractivity contribution in [2.75, 3.05) is 20.7 Å². The van der Waals surface area contributed by atoms with Gasteiger partial charge < -0.3 is 14.7 Å². The SMILES string of the molecule is CCC(C)N(CC(=O)O)C(=O)c1ccc(OC)c(S(=O)(=O)NC)c1. The maximum absolute atomic E-state index is 12.7. The predicted molar refractivity (Wildman–Crippen MR) is 87.7 cm³/mol. The van der Waals surface area contributed by atoms with Crippen molar-refractivity contribution in [3.05, 3.63) is 23.8 Å². The number of aliphatic carboxylic acids is 1. The van der Waals surface area contributed by atoms with Gasteiger partial charge in [-0.1, -0.05) is 6.92 Å². The fourth-order valence-corrected chi connectivity index (χ4v) is 3.01. The van der Waals surface area contributed by atoms with Crippen molar-refractivity contribution >= 4 is 21.9 Å². The Bertz CT molecular complexity index is 717. The van der Waals surface area contributed by atoms with Gasteiger partial charge in [-0.25, -0.2) is 13.1 Å². The molecule has 134 valence electrons. The zero-order chi connectivity index (χ0) is 18.5. The third-order valence-corrected chi connectivity index (χ3v) is 5.09. The van der Waals surface area contributed by atoms with Crippen LogP contribution in [0.25, 0.3) is 0 Å². The van der Waals surface area contributed by atoms with Crippen LogP contribution in [0.1, 0.15) is 30.6 Å². The van der Waals surface area contributed by atoms with Crippen molar-refractivity contribution in [1.29, 1.82) is 0 Å². The fraction of sp³-hybridized carbons (Fsp3) is 0.467. The molecule has 1 rings (SSSR count). The van der Waals surface area contributed by atoms with Crippen LogP contribution in [-0.2, 0) is 14.8 Å². The van der Waals surface area contributed by atoms with Gasteiger partial charge in [0.05, 0.1) is 7.11 Å². The van der Waals surface area contributed by atoms with E-state index in [-0.39, 0.29) is 22.3 Å². The number of carboxylic acids is 1. The second-order valence-corrected chi connectivity index (χ2v) is 7.01. The summed E-state index contributed by atoms with van der Waals surface area (Å²) >= 11 is 0. The highest BCUT2D eigenvalue weighted by Crippen LogP contribution is 2.25. The number of carbonyl (C=O) groups is 2. The highest BCUT2D eigenvalue weighted by molar-refractivity contribution is 7.89. The Kier molecular flexibility index (Phi) is 6.73. The zero-order valence-electron chi connectivity index (χ0n) is 14.1. The van der Waals surface area contributed by atoms with Crippen molar-refractivity contribution in [1.82, 2.24) is 9.62 Å². The molecule has 1 amide bonds. The number of amides is 1. The minimum atomic E-state index is -3.83. The molecule has 1 aromatic rings. The average molecular weight is 358 g/mol. The Hall–Kier alpha value is -2.13. The first-order valence-electron chi connectivity index (χ1n) is 7.32. The van der Waals surface area contributed by atoms with E-state index in [1.54, 1.807) is 6.92 Å². The van der Waals surface area contributed by atoms with Crippen molar-refractivity contribution < 1.29 is 27.9 Å². The second kappa shape index (κ2) is 8.11. The number of hydrogen-bond acceptors (Lipinski definition) is 5. The van der Waals surface area contributed by atoms with Crippen LogP contribution in [0.3, 0.4) is 0 Å². The predicted octanol–water partition coefficient (Wildman–Crippen LogP) is 0.929. The van der Waals surface area contributed by atoms with Gasteiger partial charge in [-0.3, -0.25) is 9.59 Å². The van der Waals surface area contributed by atoms with E-state index >= 15 is 0 Å². The molecule has 9 heteroatoms. The van der Waals surface area contributed by atoms with E-state index in [4.69, 9.17) is 9.84 Å². The highest BCUT2D eigenvalue weighted by Gasteiger charge is 2.26. The summed E-state index contributed by atoms with van der Waals surface area (Å²) in [7, 11) is -1.26. The normalized spacial score (nSPS) is 12.5. The molecular weight excluding hydrogens is 336 g/mol. The smallest absolute Gasteiger partial charge is 0.323 e. The number of methoxy groups -OCH3 is 1. The van der Waals surface area contributed by atoms with Gasteiger partial charge in [0.1, 0.15) is 17.2 Å². The molecule has 0 bridgehead atoms. The molecule has 8 nitrogen and oxygen atoms in total. The molecule has 1 unspecified atom stereocenters. The van der Waals surface area contributed by atoms with Crippen LogP contribution in [-0.4, -0.2) is 57.0 Å². The summed E-state index contributed by atoms with van der Waals surface area (Å²) in [4.78, 5) is 24.7. The molecule has 0 aliphatic rings. The number of nitrogens with one attached hydrogen (secondary N) is 1. The van der Waals surface area contributed by atoms with Gasteiger partial charge in [0.25, 0.3) is 5.91 Å². The lowest BCUT2D eigenvalue weighted by molar-refractivity contribution is -0.138. The van der Waals surface area contributed by atoms with E-state index < -0.39 is 28.4 Å². The third-order valence-electron chi connectivity index (χ3n) is 3.66. The summed E-state index contributed by atoms with van der Waals surface area (Å²) in [6, 6.07) is 3.66. The maximum Gasteiger partial charge on any atom is 0.323 e. The van der Waals surface area contributed by atoms with Crippen LogP contribution in [0, 0.1) is 0 Å². The van der Waals surface area contributed by atoms with Crippen LogP contribution >= 0.6 is 0 Å². The van der Waals surface area contributed by atoms with Gasteiger partial charge in [-0.05, 0) is 38.6 Å². The zero-order valence-corrected chi connectivity index (χ0v) is 14.9. The number of carbonyl (C=O) groups excluding carboxylic acids is 1. The van der Waals surface area contributed by atoms with Crippen molar-refractivity contribution in [3.8, 4) is 5.75 Å². The second-order valence-electron chi connectivity index (χ2n) is 5.16. The van der Waals surface area contributed by atoms with Crippen LogP contribution < -0.4 is 9.46 Å². The van der Waals surface area contributed by atoms with Gasteiger partial charge in [0.15, 0.2) is 0 Å². The molecule has 0 spiro atoms. The monoisotopic (exact) mass is 358 g/mol. The molecule has 1 aromatic carbocycles. The molecule has 0 radical (unpaired) electrons. The number of nitrogens with zero attached hydrogens (tertiary/aromatic N) is 1. The van der Waals surface area contributed by atoms with Gasteiger partial charge in [-0.2, -0.15) is 0 Å². The lowest BCUT2D eigenvalue weighted by atomic mass is 10.1. The van der Waals surface area contributed by atoms with Gasteiger partial charge in [-0.15, -0.1) is 0 Å². The summed E-state index contributed by atoms with van der Waals surface area (Å²) in [5.74, 6) is -1.60. The first kappa shape index (κ1) is 19.9. The molecule has 2 N–H and O–H groups in total. The Labute approximate surface area is 141 Å². The van der Waals surface area contributed by atoms with Gasteiger partial charge in [0, 0.05) is 11.6 Å². The minimum absolute atomic E-state index is 0.0752. The Morgan fingerprint density at radius 3 is 2.46 bits per heavy atom. The molecule has 0 fully saturated rings. The quantitative estimate of drug-likeness (QED) is 0.715. The average Bonchev–Trinajstić information content (AvgIpc) is 2.57. The van der Waals surface area contributed by atoms with E-state index in [9.17, 15) is 18.0 Å². The summed E-state index contributed by atoms with van der Waals surface area (Å²) in [6.07, 6.45) is 0.566. The summed E-state index contributed by atoms with van der Waals surface area (Å²) in [5, 5.41) is 9.01. The van der Waals surface area contributed by atoms with E-state index in [2.05, 4.69) is 4.72 Å². The number of hydrogen-bond donors (Lipinski definition) is 2. The van der Waals surface area contributed by atoms with Crippen LogP contribution in [0.2, 0.25) is 0 Å². The largest absolute Gasteiger partial charge is 0.495 e. The molecule has 24 heavy (non-hydrogen) atoms. The summed E-state index contributed by atoms with van der Waals surface area (Å²) < 4.78 is 31.4. The van der Waals surface area contributed by atoms with E-state index in [1.807, 2.05) is 6.92 Å². The van der Waals surface area contributed by atoms with Crippen LogP contribution in [0.4, 0.5) is 0 Å². The van der Waals surface area contributed by atoms with E-state index in [0.29, 0.717) is 6.42 Å². The highest BCUT2D eigenvalue weighted by atomic mass is 32.2. The third kappa shape index (κ3) is 4.45. The molecule has 0 aliphatic heterocycles. The minimum Gasteiger partial charge on any atom is -0.495 e. The van der Waals surface area contributed by atoms with Crippen LogP contribution in [0.5, 0.6) is 5.75 Å². The Balaban J connectivity index is 3.36. The number of ether oxygens (including phenoxy) is 1. The number of sulfonamides is 1. The van der Waals surface area contributed by atoms with Gasteiger partial charge >= 0.3 is 5.97 Å². The topological polar surface area (TPSA) is 113 Å². The maximum atomic E-state index is 12.7. The molecule has 0 saturated heterocycles. The molecule has 0 aliphatic carbocycles. The van der Waals surface area contributed by atoms with E-state index in [1.165, 1.54) is 37.3 Å². The van der Waals surface area contributed by atoms with Crippen LogP contribution in [0.15, 0.2) is 23.1 Å². The standard InChI is InChI=1S/C15H22N2O6S/c1-5-10(2)17(9-14(18)19)15(20)11-6-7-12(23-4)13(8-11)24(21,22)16-3/h6-8,10,16H,5,9H2,1-4H3,(H,18,19). The first-order valence-corrected chi connectivity index (χ1v) is 8.80. The van der Waals surface area contributed by atoms with Gasteiger partial charge in [0.2, 0.25) is 10.0 Å². The molecule has 0 aromatic heterocycles. The number of benzene rings is 1. The number of rotatable bonds is 8. The van der Waals surface area contributed by atoms with E-state index in [0.717, 1.165) is 0 Å². The molecular formula is C15H22N2O6S. The fourth-order valence-electron chi connectivity index (χ4n) is 2.09.